The molecule has 2 aromatic rings. The van der Waals surface area contributed by atoms with E-state index < -0.39 is 0 Å². The first-order valence-corrected chi connectivity index (χ1v) is 5.31. The van der Waals surface area contributed by atoms with Crippen molar-refractivity contribution in [2.75, 3.05) is 5.32 Å². The van der Waals surface area contributed by atoms with Crippen LogP contribution in [0.3, 0.4) is 0 Å². The number of carbonyl (C=O) groups is 1. The van der Waals surface area contributed by atoms with E-state index in [4.69, 9.17) is 5.26 Å². The summed E-state index contributed by atoms with van der Waals surface area (Å²) >= 11 is 0. The largest absolute Gasteiger partial charge is 0.317 e. The normalized spacial score (nSPS) is 9.83. The number of hydrogen-bond donors (Lipinski definition) is 2. The molecule has 0 unspecified atom stereocenters. The lowest BCUT2D eigenvalue weighted by molar-refractivity contribution is 0.102. The van der Waals surface area contributed by atoms with Crippen molar-refractivity contribution >= 4 is 11.6 Å². The molecule has 2 aromatic heterocycles. The first-order chi connectivity index (χ1) is 8.61. The Balaban J connectivity index is 2.20. The number of rotatable bonds is 2. The minimum atomic E-state index is -0.327. The second-order valence-corrected chi connectivity index (χ2v) is 3.81. The highest BCUT2D eigenvalue weighted by Crippen LogP contribution is 2.16. The van der Waals surface area contributed by atoms with Gasteiger partial charge in [0.05, 0.1) is 22.6 Å². The van der Waals surface area contributed by atoms with Gasteiger partial charge in [-0.3, -0.25) is 9.89 Å². The molecule has 0 saturated heterocycles. The average molecular weight is 241 g/mol. The van der Waals surface area contributed by atoms with Crippen LogP contribution in [0.1, 0.15) is 27.4 Å². The Morgan fingerprint density at radius 1 is 1.44 bits per heavy atom. The maximum absolute atomic E-state index is 11.9. The molecule has 0 aliphatic rings. The zero-order valence-electron chi connectivity index (χ0n) is 9.98. The van der Waals surface area contributed by atoms with Gasteiger partial charge in [-0.2, -0.15) is 10.4 Å². The maximum Gasteiger partial charge on any atom is 0.274 e. The van der Waals surface area contributed by atoms with Gasteiger partial charge in [0, 0.05) is 6.20 Å². The highest BCUT2D eigenvalue weighted by Gasteiger charge is 2.12. The van der Waals surface area contributed by atoms with E-state index >= 15 is 0 Å². The van der Waals surface area contributed by atoms with Crippen LogP contribution in [-0.4, -0.2) is 21.1 Å². The molecule has 2 heterocycles. The lowest BCUT2D eigenvalue weighted by atomic mass is 10.2. The van der Waals surface area contributed by atoms with E-state index in [9.17, 15) is 4.79 Å². The molecular weight excluding hydrogens is 230 g/mol. The van der Waals surface area contributed by atoms with E-state index in [1.54, 1.807) is 13.0 Å². The van der Waals surface area contributed by atoms with Crippen LogP contribution in [0, 0.1) is 25.2 Å². The molecule has 6 nitrogen and oxygen atoms in total. The van der Waals surface area contributed by atoms with Crippen molar-refractivity contribution in [1.82, 2.24) is 15.2 Å². The molecule has 0 radical (unpaired) electrons. The van der Waals surface area contributed by atoms with Crippen LogP contribution in [0.5, 0.6) is 0 Å². The molecule has 0 fully saturated rings. The molecule has 0 aliphatic carbocycles. The van der Waals surface area contributed by atoms with Gasteiger partial charge in [-0.1, -0.05) is 0 Å². The summed E-state index contributed by atoms with van der Waals surface area (Å²) in [5.74, 6) is -0.327. The number of amides is 1. The number of nitrogens with one attached hydrogen (secondary N) is 2. The Kier molecular flexibility index (Phi) is 3.06. The van der Waals surface area contributed by atoms with E-state index in [-0.39, 0.29) is 11.6 Å². The Hall–Kier alpha value is -2.68. The van der Waals surface area contributed by atoms with Gasteiger partial charge < -0.3 is 5.32 Å². The SMILES string of the molecule is Cc1n[nH]c(C)c1NC(=O)c1ccc(C#N)cn1. The van der Waals surface area contributed by atoms with Crippen molar-refractivity contribution in [2.24, 2.45) is 0 Å². The van der Waals surface area contributed by atoms with Crippen molar-refractivity contribution in [1.29, 1.82) is 5.26 Å². The van der Waals surface area contributed by atoms with Gasteiger partial charge in [0.2, 0.25) is 0 Å². The summed E-state index contributed by atoms with van der Waals surface area (Å²) in [7, 11) is 0. The number of aromatic nitrogens is 3. The van der Waals surface area contributed by atoms with Crippen LogP contribution >= 0.6 is 0 Å². The van der Waals surface area contributed by atoms with Gasteiger partial charge in [-0.25, -0.2) is 4.98 Å². The molecule has 18 heavy (non-hydrogen) atoms. The quantitative estimate of drug-likeness (QED) is 0.833. The predicted molar refractivity (Wildman–Crippen MR) is 65.0 cm³/mol. The summed E-state index contributed by atoms with van der Waals surface area (Å²) in [5.41, 5.74) is 2.84. The fourth-order valence-corrected chi connectivity index (χ4v) is 1.51. The Morgan fingerprint density at radius 3 is 2.72 bits per heavy atom. The topological polar surface area (TPSA) is 94.5 Å². The fraction of sp³-hybridized carbons (Fsp3) is 0.167. The Labute approximate surface area is 104 Å². The highest BCUT2D eigenvalue weighted by molar-refractivity contribution is 6.03. The number of nitrogens with zero attached hydrogens (tertiary/aromatic N) is 3. The number of H-pyrrole nitrogens is 1. The predicted octanol–water partition coefficient (Wildman–Crippen LogP) is 1.55. The molecule has 1 amide bonds. The number of carbonyl (C=O) groups excluding carboxylic acids is 1. The highest BCUT2D eigenvalue weighted by atomic mass is 16.1. The summed E-state index contributed by atoms with van der Waals surface area (Å²) < 4.78 is 0. The van der Waals surface area contributed by atoms with Crippen LogP contribution in [0.25, 0.3) is 0 Å². The van der Waals surface area contributed by atoms with Gasteiger partial charge in [-0.15, -0.1) is 0 Å². The van der Waals surface area contributed by atoms with Gasteiger partial charge in [0.1, 0.15) is 11.8 Å². The van der Waals surface area contributed by atoms with Crippen molar-refractivity contribution in [3.63, 3.8) is 0 Å². The van der Waals surface area contributed by atoms with Crippen molar-refractivity contribution in [3.05, 3.63) is 41.0 Å². The second kappa shape index (κ2) is 4.67. The first-order valence-electron chi connectivity index (χ1n) is 5.31. The van der Waals surface area contributed by atoms with Crippen LogP contribution in [0.15, 0.2) is 18.3 Å². The van der Waals surface area contributed by atoms with Gasteiger partial charge in [0.25, 0.3) is 5.91 Å². The zero-order valence-corrected chi connectivity index (χ0v) is 9.98. The van der Waals surface area contributed by atoms with E-state index in [1.807, 2.05) is 13.0 Å². The van der Waals surface area contributed by atoms with Crippen LogP contribution in [-0.2, 0) is 0 Å². The molecule has 0 spiro atoms. The maximum atomic E-state index is 11.9. The van der Waals surface area contributed by atoms with Crippen LogP contribution < -0.4 is 5.32 Å². The summed E-state index contributed by atoms with van der Waals surface area (Å²) in [6.45, 7) is 3.62. The average Bonchev–Trinajstić information content (AvgIpc) is 2.70. The van der Waals surface area contributed by atoms with Crippen molar-refractivity contribution in [3.8, 4) is 6.07 Å². The van der Waals surface area contributed by atoms with Crippen LogP contribution in [0.4, 0.5) is 5.69 Å². The lowest BCUT2D eigenvalue weighted by Gasteiger charge is -2.04. The summed E-state index contributed by atoms with van der Waals surface area (Å²) in [6, 6.07) is 5.01. The second-order valence-electron chi connectivity index (χ2n) is 3.81. The fourth-order valence-electron chi connectivity index (χ4n) is 1.51. The van der Waals surface area contributed by atoms with Gasteiger partial charge >= 0.3 is 0 Å². The molecule has 0 atom stereocenters. The van der Waals surface area contributed by atoms with E-state index in [2.05, 4.69) is 20.5 Å². The first kappa shape index (κ1) is 11.8. The van der Waals surface area contributed by atoms with E-state index in [0.717, 1.165) is 11.4 Å². The Bertz CT molecular complexity index is 601. The number of nitriles is 1. The molecule has 2 rings (SSSR count). The zero-order chi connectivity index (χ0) is 13.1. The molecule has 2 N–H and O–H groups in total. The van der Waals surface area contributed by atoms with Crippen LogP contribution in [0.2, 0.25) is 0 Å². The molecule has 0 saturated carbocycles. The summed E-state index contributed by atoms with van der Waals surface area (Å²) in [6.07, 6.45) is 1.37. The number of aromatic amines is 1. The summed E-state index contributed by atoms with van der Waals surface area (Å²) in [4.78, 5) is 15.8. The lowest BCUT2D eigenvalue weighted by Crippen LogP contribution is -2.14. The third-order valence-electron chi connectivity index (χ3n) is 2.49. The van der Waals surface area contributed by atoms with E-state index in [0.29, 0.717) is 11.3 Å². The standard InChI is InChI=1S/C12H11N5O/c1-7-11(8(2)17-16-7)15-12(18)10-4-3-9(5-13)6-14-10/h3-4,6H,1-2H3,(H,15,18)(H,16,17). The number of hydrogen-bond acceptors (Lipinski definition) is 4. The number of pyridine rings is 1. The molecule has 0 bridgehead atoms. The number of anilines is 1. The summed E-state index contributed by atoms with van der Waals surface area (Å²) in [5, 5.41) is 18.1. The van der Waals surface area contributed by atoms with Gasteiger partial charge in [-0.05, 0) is 26.0 Å². The molecule has 90 valence electrons. The minimum absolute atomic E-state index is 0.258. The molecular formula is C12H11N5O. The monoisotopic (exact) mass is 241 g/mol. The molecule has 0 aromatic carbocycles. The Morgan fingerprint density at radius 2 is 2.22 bits per heavy atom. The van der Waals surface area contributed by atoms with Gasteiger partial charge in [0.15, 0.2) is 0 Å². The number of aryl methyl sites for hydroxylation is 2. The molecule has 0 aliphatic heterocycles. The third-order valence-corrected chi connectivity index (χ3v) is 2.49. The van der Waals surface area contributed by atoms with Crippen molar-refractivity contribution in [2.45, 2.75) is 13.8 Å². The smallest absolute Gasteiger partial charge is 0.274 e. The molecule has 6 heteroatoms. The third kappa shape index (κ3) is 2.20. The van der Waals surface area contributed by atoms with E-state index in [1.165, 1.54) is 12.3 Å². The van der Waals surface area contributed by atoms with Crippen molar-refractivity contribution < 1.29 is 4.79 Å². The minimum Gasteiger partial charge on any atom is -0.317 e.